The Morgan fingerprint density at radius 3 is 2.75 bits per heavy atom. The maximum atomic E-state index is 12.7. The number of carboxylic acids is 1. The third-order valence-corrected chi connectivity index (χ3v) is 1.59. The zero-order valence-corrected chi connectivity index (χ0v) is 6.62. The Morgan fingerprint density at radius 2 is 2.25 bits per heavy atom. The highest BCUT2D eigenvalue weighted by Crippen LogP contribution is 2.17. The van der Waals surface area contributed by atoms with E-state index in [0.717, 1.165) is 0 Å². The minimum atomic E-state index is -1.12. The predicted octanol–water partition coefficient (Wildman–Crippen LogP) is 2.42. The van der Waals surface area contributed by atoms with Crippen molar-refractivity contribution in [2.45, 2.75) is 13.1 Å². The van der Waals surface area contributed by atoms with Crippen LogP contribution in [-0.2, 0) is 0 Å². The molecule has 0 bridgehead atoms. The number of hydrogen-bond acceptors (Lipinski definition) is 1. The van der Waals surface area contributed by atoms with E-state index in [-0.39, 0.29) is 5.56 Å². The maximum absolute atomic E-state index is 12.7. The summed E-state index contributed by atoms with van der Waals surface area (Å²) < 4.78 is 12.7. The molecule has 1 atom stereocenters. The number of benzene rings is 1. The Balaban J connectivity index is 3.04. The van der Waals surface area contributed by atoms with Crippen molar-refractivity contribution in [1.29, 1.82) is 0 Å². The highest BCUT2D eigenvalue weighted by molar-refractivity contribution is 5.87. The fourth-order valence-electron chi connectivity index (χ4n) is 0.919. The van der Waals surface area contributed by atoms with Crippen LogP contribution in [0.1, 0.15) is 29.0 Å². The number of rotatable bonds is 2. The van der Waals surface area contributed by atoms with Gasteiger partial charge >= 0.3 is 5.97 Å². The number of hydrogen-bond donors (Lipinski definition) is 1. The van der Waals surface area contributed by atoms with Gasteiger partial charge in [-0.2, -0.15) is 0 Å². The summed E-state index contributed by atoms with van der Waals surface area (Å²) in [4.78, 5) is 10.5. The van der Waals surface area contributed by atoms with Crippen LogP contribution < -0.4 is 0 Å². The summed E-state index contributed by atoms with van der Waals surface area (Å²) in [5.74, 6) is -1.03. The number of carbonyl (C=O) groups is 1. The van der Waals surface area contributed by atoms with E-state index >= 15 is 0 Å². The van der Waals surface area contributed by atoms with E-state index in [2.05, 4.69) is 0 Å². The molecule has 3 heteroatoms. The minimum Gasteiger partial charge on any atom is -0.478 e. The average Bonchev–Trinajstić information content (AvgIpc) is 2.04. The molecule has 1 aromatic carbocycles. The first-order chi connectivity index (χ1) is 5.61. The summed E-state index contributed by atoms with van der Waals surface area (Å²) in [6.07, 6.45) is -1.12. The molecule has 1 rings (SSSR count). The van der Waals surface area contributed by atoms with Crippen molar-refractivity contribution in [3.8, 4) is 0 Å². The largest absolute Gasteiger partial charge is 0.478 e. The second-order valence-electron chi connectivity index (χ2n) is 2.55. The molecule has 0 radical (unpaired) electrons. The van der Waals surface area contributed by atoms with Gasteiger partial charge in [-0.05, 0) is 24.6 Å². The van der Waals surface area contributed by atoms with Crippen LogP contribution >= 0.6 is 0 Å². The van der Waals surface area contributed by atoms with Crippen molar-refractivity contribution >= 4 is 5.97 Å². The molecule has 0 aliphatic heterocycles. The van der Waals surface area contributed by atoms with Crippen molar-refractivity contribution in [3.05, 3.63) is 35.4 Å². The van der Waals surface area contributed by atoms with Gasteiger partial charge in [0.05, 0.1) is 5.56 Å². The molecule has 0 fully saturated rings. The molecule has 0 heterocycles. The van der Waals surface area contributed by atoms with E-state index in [9.17, 15) is 9.18 Å². The second-order valence-corrected chi connectivity index (χ2v) is 2.55. The van der Waals surface area contributed by atoms with Crippen molar-refractivity contribution < 1.29 is 14.3 Å². The zero-order chi connectivity index (χ0) is 9.14. The highest BCUT2D eigenvalue weighted by atomic mass is 19.1. The lowest BCUT2D eigenvalue weighted by atomic mass is 10.1. The van der Waals surface area contributed by atoms with Gasteiger partial charge in [-0.3, -0.25) is 0 Å². The molecule has 2 nitrogen and oxygen atoms in total. The quantitative estimate of drug-likeness (QED) is 0.736. The topological polar surface area (TPSA) is 37.3 Å². The molecule has 0 aromatic heterocycles. The van der Waals surface area contributed by atoms with Crippen LogP contribution in [0.15, 0.2) is 24.3 Å². The Kier molecular flexibility index (Phi) is 2.43. The van der Waals surface area contributed by atoms with Gasteiger partial charge in [-0.25, -0.2) is 9.18 Å². The summed E-state index contributed by atoms with van der Waals surface area (Å²) in [5.41, 5.74) is 0.520. The van der Waals surface area contributed by atoms with Crippen molar-refractivity contribution in [2.24, 2.45) is 0 Å². The van der Waals surface area contributed by atoms with Gasteiger partial charge < -0.3 is 5.11 Å². The van der Waals surface area contributed by atoms with Crippen LogP contribution in [0.5, 0.6) is 0 Å². The SMILES string of the molecule is CC(F)c1cccc(C(=O)O)c1. The summed E-state index contributed by atoms with van der Waals surface area (Å²) in [6.45, 7) is 1.38. The molecule has 64 valence electrons. The van der Waals surface area contributed by atoms with E-state index in [1.807, 2.05) is 0 Å². The van der Waals surface area contributed by atoms with Gasteiger partial charge in [0.2, 0.25) is 0 Å². The first kappa shape index (κ1) is 8.71. The van der Waals surface area contributed by atoms with Gasteiger partial charge in [0.25, 0.3) is 0 Å². The fraction of sp³-hybridized carbons (Fsp3) is 0.222. The number of halogens is 1. The summed E-state index contributed by atoms with van der Waals surface area (Å²) in [7, 11) is 0. The van der Waals surface area contributed by atoms with Crippen LogP contribution in [0.4, 0.5) is 4.39 Å². The van der Waals surface area contributed by atoms with Crippen LogP contribution in [-0.4, -0.2) is 11.1 Å². The van der Waals surface area contributed by atoms with E-state index in [4.69, 9.17) is 5.11 Å². The molecule has 0 amide bonds. The number of aromatic carboxylic acids is 1. The van der Waals surface area contributed by atoms with Gasteiger partial charge in [0.15, 0.2) is 0 Å². The lowest BCUT2D eigenvalue weighted by Gasteiger charge is -2.02. The predicted molar refractivity (Wildman–Crippen MR) is 42.9 cm³/mol. The van der Waals surface area contributed by atoms with Crippen molar-refractivity contribution in [1.82, 2.24) is 0 Å². The Morgan fingerprint density at radius 1 is 1.58 bits per heavy atom. The fourth-order valence-corrected chi connectivity index (χ4v) is 0.919. The van der Waals surface area contributed by atoms with Gasteiger partial charge in [-0.1, -0.05) is 12.1 Å². The highest BCUT2D eigenvalue weighted by Gasteiger charge is 2.06. The molecular formula is C9H9FO2. The lowest BCUT2D eigenvalue weighted by molar-refractivity contribution is 0.0696. The van der Waals surface area contributed by atoms with Crippen LogP contribution in [0.3, 0.4) is 0 Å². The standard InChI is InChI=1S/C9H9FO2/c1-6(10)7-3-2-4-8(5-7)9(11)12/h2-6H,1H3,(H,11,12). The minimum absolute atomic E-state index is 0.122. The summed E-state index contributed by atoms with van der Waals surface area (Å²) in [5, 5.41) is 8.57. The molecule has 0 aliphatic rings. The molecule has 0 spiro atoms. The van der Waals surface area contributed by atoms with Crippen LogP contribution in [0.2, 0.25) is 0 Å². The van der Waals surface area contributed by atoms with E-state index in [0.29, 0.717) is 5.56 Å². The molecular weight excluding hydrogens is 159 g/mol. The van der Waals surface area contributed by atoms with Gasteiger partial charge in [0, 0.05) is 0 Å². The molecule has 0 saturated carbocycles. The van der Waals surface area contributed by atoms with Crippen molar-refractivity contribution in [3.63, 3.8) is 0 Å². The summed E-state index contributed by atoms with van der Waals surface area (Å²) in [6, 6.07) is 5.88. The summed E-state index contributed by atoms with van der Waals surface area (Å²) >= 11 is 0. The Bertz CT molecular complexity index is 294. The molecule has 1 aromatic rings. The molecule has 1 unspecified atom stereocenters. The molecule has 12 heavy (non-hydrogen) atoms. The van der Waals surface area contributed by atoms with Crippen LogP contribution in [0, 0.1) is 0 Å². The second kappa shape index (κ2) is 3.34. The first-order valence-electron chi connectivity index (χ1n) is 3.58. The van der Waals surface area contributed by atoms with Crippen LogP contribution in [0.25, 0.3) is 0 Å². The van der Waals surface area contributed by atoms with Gasteiger partial charge in [-0.15, -0.1) is 0 Å². The normalized spacial score (nSPS) is 12.5. The third-order valence-electron chi connectivity index (χ3n) is 1.59. The zero-order valence-electron chi connectivity index (χ0n) is 6.62. The monoisotopic (exact) mass is 168 g/mol. The Hall–Kier alpha value is -1.38. The maximum Gasteiger partial charge on any atom is 0.335 e. The first-order valence-corrected chi connectivity index (χ1v) is 3.58. The number of carboxylic acid groups (broad SMARTS) is 1. The van der Waals surface area contributed by atoms with E-state index in [1.54, 1.807) is 6.07 Å². The number of alkyl halides is 1. The van der Waals surface area contributed by atoms with E-state index in [1.165, 1.54) is 25.1 Å². The molecule has 0 aliphatic carbocycles. The van der Waals surface area contributed by atoms with Crippen molar-refractivity contribution in [2.75, 3.05) is 0 Å². The van der Waals surface area contributed by atoms with Gasteiger partial charge in [0.1, 0.15) is 6.17 Å². The smallest absolute Gasteiger partial charge is 0.335 e. The Labute approximate surface area is 69.6 Å². The third kappa shape index (κ3) is 1.81. The lowest BCUT2D eigenvalue weighted by Crippen LogP contribution is -1.97. The molecule has 1 N–H and O–H groups in total. The molecule has 0 saturated heterocycles. The van der Waals surface area contributed by atoms with E-state index < -0.39 is 12.1 Å². The average molecular weight is 168 g/mol.